The molecule has 0 spiro atoms. The quantitative estimate of drug-likeness (QED) is 0.581. The third kappa shape index (κ3) is 5.54. The second-order valence-corrected chi connectivity index (χ2v) is 8.76. The Hall–Kier alpha value is -3.08. The van der Waals surface area contributed by atoms with Crippen LogP contribution >= 0.6 is 11.8 Å². The van der Waals surface area contributed by atoms with Gasteiger partial charge in [0.05, 0.1) is 22.7 Å². The van der Waals surface area contributed by atoms with E-state index in [0.717, 1.165) is 41.5 Å². The van der Waals surface area contributed by atoms with Crippen LogP contribution in [0, 0.1) is 18.3 Å². The normalized spacial score (nSPS) is 14.3. The minimum Gasteiger partial charge on any atom is -0.472 e. The van der Waals surface area contributed by atoms with Gasteiger partial charge in [-0.3, -0.25) is 0 Å². The van der Waals surface area contributed by atoms with Crippen LogP contribution in [0.4, 0.5) is 5.95 Å². The second kappa shape index (κ2) is 9.82. The first-order valence-corrected chi connectivity index (χ1v) is 11.1. The lowest BCUT2D eigenvalue weighted by Gasteiger charge is -2.32. The molecule has 31 heavy (non-hydrogen) atoms. The van der Waals surface area contributed by atoms with Gasteiger partial charge in [0.25, 0.3) is 0 Å². The predicted molar refractivity (Wildman–Crippen MR) is 123 cm³/mol. The van der Waals surface area contributed by atoms with Crippen molar-refractivity contribution in [1.29, 1.82) is 5.26 Å². The van der Waals surface area contributed by atoms with Crippen molar-refractivity contribution >= 4 is 17.7 Å². The Bertz CT molecular complexity index is 1070. The largest absolute Gasteiger partial charge is 0.472 e. The first-order chi connectivity index (χ1) is 15.1. The molecule has 2 aromatic carbocycles. The van der Waals surface area contributed by atoms with E-state index in [2.05, 4.69) is 53.0 Å². The van der Waals surface area contributed by atoms with E-state index in [1.165, 1.54) is 5.56 Å². The standard InChI is InChI=1S/C24H25N5OS/c1-18-4-3-5-20(14-18)17-30-23-22(31-21-8-6-19(15-25)7-9-21)16-26-24(27-23)29-12-10-28(2)11-13-29/h3-9,14,16H,10-13,17H2,1-2H3. The van der Waals surface area contributed by atoms with E-state index in [1.54, 1.807) is 11.8 Å². The summed E-state index contributed by atoms with van der Waals surface area (Å²) in [6, 6.07) is 17.9. The van der Waals surface area contributed by atoms with E-state index in [-0.39, 0.29) is 0 Å². The Balaban J connectivity index is 1.58. The zero-order valence-corrected chi connectivity index (χ0v) is 18.6. The molecule has 0 N–H and O–H groups in total. The maximum Gasteiger partial charge on any atom is 0.232 e. The maximum absolute atomic E-state index is 9.03. The van der Waals surface area contributed by atoms with Crippen LogP contribution < -0.4 is 9.64 Å². The molecule has 1 aliphatic rings. The van der Waals surface area contributed by atoms with Crippen LogP contribution in [0.1, 0.15) is 16.7 Å². The monoisotopic (exact) mass is 431 g/mol. The third-order valence-electron chi connectivity index (χ3n) is 5.16. The van der Waals surface area contributed by atoms with Gasteiger partial charge in [0, 0.05) is 31.1 Å². The Morgan fingerprint density at radius 1 is 1.10 bits per heavy atom. The molecule has 1 saturated heterocycles. The molecule has 4 rings (SSSR count). The number of piperazine rings is 1. The van der Waals surface area contributed by atoms with E-state index >= 15 is 0 Å². The molecule has 1 aromatic heterocycles. The minimum atomic E-state index is 0.446. The third-order valence-corrected chi connectivity index (χ3v) is 6.17. The smallest absolute Gasteiger partial charge is 0.232 e. The fourth-order valence-corrected chi connectivity index (χ4v) is 4.18. The molecular weight excluding hydrogens is 406 g/mol. The number of anilines is 1. The van der Waals surface area contributed by atoms with Crippen LogP contribution in [0.15, 0.2) is 64.5 Å². The van der Waals surface area contributed by atoms with Crippen molar-refractivity contribution in [1.82, 2.24) is 14.9 Å². The fraction of sp³-hybridized carbons (Fsp3) is 0.292. The minimum absolute atomic E-state index is 0.446. The molecule has 6 nitrogen and oxygen atoms in total. The van der Waals surface area contributed by atoms with Crippen molar-refractivity contribution in [2.75, 3.05) is 38.1 Å². The van der Waals surface area contributed by atoms with E-state index < -0.39 is 0 Å². The number of benzene rings is 2. The number of ether oxygens (including phenoxy) is 1. The highest BCUT2D eigenvalue weighted by Gasteiger charge is 2.19. The Morgan fingerprint density at radius 3 is 2.58 bits per heavy atom. The van der Waals surface area contributed by atoms with E-state index in [0.29, 0.717) is 24.0 Å². The molecule has 0 radical (unpaired) electrons. The summed E-state index contributed by atoms with van der Waals surface area (Å²) in [5.74, 6) is 1.29. The van der Waals surface area contributed by atoms with Gasteiger partial charge >= 0.3 is 0 Å². The molecule has 0 aliphatic carbocycles. The van der Waals surface area contributed by atoms with E-state index in [1.807, 2.05) is 36.5 Å². The molecular formula is C24H25N5OS. The van der Waals surface area contributed by atoms with Crippen molar-refractivity contribution in [3.05, 3.63) is 71.4 Å². The van der Waals surface area contributed by atoms with Gasteiger partial charge < -0.3 is 14.5 Å². The number of aryl methyl sites for hydroxylation is 1. The number of nitrogens with zero attached hydrogens (tertiary/aromatic N) is 5. The van der Waals surface area contributed by atoms with Gasteiger partial charge in [-0.05, 0) is 43.8 Å². The molecule has 0 unspecified atom stereocenters. The molecule has 7 heteroatoms. The van der Waals surface area contributed by atoms with Crippen molar-refractivity contribution in [3.8, 4) is 11.9 Å². The molecule has 0 atom stereocenters. The van der Waals surface area contributed by atoms with Gasteiger partial charge in [-0.25, -0.2) is 4.98 Å². The summed E-state index contributed by atoms with van der Waals surface area (Å²) in [4.78, 5) is 15.8. The summed E-state index contributed by atoms with van der Waals surface area (Å²) in [5, 5.41) is 9.03. The van der Waals surface area contributed by atoms with Crippen LogP contribution in [0.25, 0.3) is 0 Å². The predicted octanol–water partition coefficient (Wildman–Crippen LogP) is 4.14. The lowest BCUT2D eigenvalue weighted by atomic mass is 10.1. The number of nitriles is 1. The highest BCUT2D eigenvalue weighted by Crippen LogP contribution is 2.35. The average Bonchev–Trinajstić information content (AvgIpc) is 2.79. The van der Waals surface area contributed by atoms with Gasteiger partial charge in [-0.2, -0.15) is 10.2 Å². The van der Waals surface area contributed by atoms with Gasteiger partial charge in [0.2, 0.25) is 11.8 Å². The van der Waals surface area contributed by atoms with Crippen molar-refractivity contribution in [2.24, 2.45) is 0 Å². The van der Waals surface area contributed by atoms with Crippen molar-refractivity contribution in [2.45, 2.75) is 23.3 Å². The van der Waals surface area contributed by atoms with Gasteiger partial charge in [-0.1, -0.05) is 41.6 Å². The van der Waals surface area contributed by atoms with Crippen LogP contribution in [0.2, 0.25) is 0 Å². The number of aromatic nitrogens is 2. The Labute approximate surface area is 187 Å². The summed E-state index contributed by atoms with van der Waals surface area (Å²) in [6.45, 7) is 6.30. The SMILES string of the molecule is Cc1cccc(COc2nc(N3CCN(C)CC3)ncc2Sc2ccc(C#N)cc2)c1. The maximum atomic E-state index is 9.03. The van der Waals surface area contributed by atoms with Crippen LogP contribution in [-0.4, -0.2) is 48.1 Å². The molecule has 1 fully saturated rings. The highest BCUT2D eigenvalue weighted by molar-refractivity contribution is 7.99. The molecule has 0 bridgehead atoms. The highest BCUT2D eigenvalue weighted by atomic mass is 32.2. The zero-order chi connectivity index (χ0) is 21.6. The molecule has 1 aliphatic heterocycles. The second-order valence-electron chi connectivity index (χ2n) is 7.65. The number of rotatable bonds is 6. The van der Waals surface area contributed by atoms with Crippen LogP contribution in [-0.2, 0) is 6.61 Å². The Kier molecular flexibility index (Phi) is 6.70. The Morgan fingerprint density at radius 2 is 1.87 bits per heavy atom. The van der Waals surface area contributed by atoms with Crippen molar-refractivity contribution in [3.63, 3.8) is 0 Å². The van der Waals surface area contributed by atoms with E-state index in [4.69, 9.17) is 15.0 Å². The fourth-order valence-electron chi connectivity index (χ4n) is 3.36. The average molecular weight is 432 g/mol. The topological polar surface area (TPSA) is 65.3 Å². The van der Waals surface area contributed by atoms with Crippen LogP contribution in [0.3, 0.4) is 0 Å². The first-order valence-electron chi connectivity index (χ1n) is 10.3. The first kappa shape index (κ1) is 21.2. The lowest BCUT2D eigenvalue weighted by molar-refractivity contribution is 0.283. The molecule has 3 aromatic rings. The number of hydrogen-bond acceptors (Lipinski definition) is 7. The number of hydrogen-bond donors (Lipinski definition) is 0. The van der Waals surface area contributed by atoms with Gasteiger partial charge in [0.15, 0.2) is 0 Å². The molecule has 158 valence electrons. The van der Waals surface area contributed by atoms with Crippen LogP contribution in [0.5, 0.6) is 5.88 Å². The summed E-state index contributed by atoms with van der Waals surface area (Å²) in [7, 11) is 2.13. The summed E-state index contributed by atoms with van der Waals surface area (Å²) in [5.41, 5.74) is 2.95. The molecule has 2 heterocycles. The number of likely N-dealkylation sites (N-methyl/N-ethyl adjacent to an activating group) is 1. The van der Waals surface area contributed by atoms with Gasteiger partial charge in [-0.15, -0.1) is 0 Å². The summed E-state index contributed by atoms with van der Waals surface area (Å²) < 4.78 is 6.19. The summed E-state index contributed by atoms with van der Waals surface area (Å²) >= 11 is 1.54. The molecule has 0 saturated carbocycles. The zero-order valence-electron chi connectivity index (χ0n) is 17.8. The van der Waals surface area contributed by atoms with Crippen molar-refractivity contribution < 1.29 is 4.74 Å². The van der Waals surface area contributed by atoms with Gasteiger partial charge in [0.1, 0.15) is 6.61 Å². The summed E-state index contributed by atoms with van der Waals surface area (Å²) in [6.07, 6.45) is 1.84. The van der Waals surface area contributed by atoms with E-state index in [9.17, 15) is 0 Å². The molecule has 0 amide bonds. The lowest BCUT2D eigenvalue weighted by Crippen LogP contribution is -2.45.